The van der Waals surface area contributed by atoms with E-state index in [1.807, 2.05) is 18.2 Å². The van der Waals surface area contributed by atoms with Crippen molar-refractivity contribution in [1.82, 2.24) is 10.3 Å². The average Bonchev–Trinajstić information content (AvgIpc) is 3.31. The average molecular weight is 521 g/mol. The van der Waals surface area contributed by atoms with E-state index in [2.05, 4.69) is 53.6 Å². The zero-order valence-corrected chi connectivity index (χ0v) is 23.3. The van der Waals surface area contributed by atoms with Crippen molar-refractivity contribution in [1.29, 1.82) is 0 Å². The second kappa shape index (κ2) is 15.4. The predicted octanol–water partition coefficient (Wildman–Crippen LogP) is 8.12. The zero-order valence-electron chi connectivity index (χ0n) is 22.5. The molecule has 1 aliphatic heterocycles. The molecule has 2 heterocycles. The van der Waals surface area contributed by atoms with Gasteiger partial charge in [0.2, 0.25) is 5.12 Å². The van der Waals surface area contributed by atoms with Crippen LogP contribution in [-0.4, -0.2) is 28.5 Å². The first-order chi connectivity index (χ1) is 18.3. The van der Waals surface area contributed by atoms with E-state index in [1.165, 1.54) is 80.5 Å². The molecule has 0 fully saturated rings. The molecule has 5 heteroatoms. The summed E-state index contributed by atoms with van der Waals surface area (Å²) in [5.41, 5.74) is 4.72. The van der Waals surface area contributed by atoms with Gasteiger partial charge in [-0.05, 0) is 30.0 Å². The number of H-pyrrole nitrogens is 1. The molecule has 0 saturated carbocycles. The highest BCUT2D eigenvalue weighted by molar-refractivity contribution is 8.13. The Kier molecular flexibility index (Phi) is 11.6. The Morgan fingerprint density at radius 2 is 1.57 bits per heavy atom. The Balaban J connectivity index is 1.25. The number of aromatic nitrogens is 1. The van der Waals surface area contributed by atoms with Gasteiger partial charge in [0.1, 0.15) is 0 Å². The Labute approximate surface area is 227 Å². The number of hydrogen-bond acceptors (Lipinski definition) is 4. The van der Waals surface area contributed by atoms with Gasteiger partial charge >= 0.3 is 0 Å². The predicted molar refractivity (Wildman–Crippen MR) is 157 cm³/mol. The number of carbonyl (C=O) groups is 1. The van der Waals surface area contributed by atoms with Crippen LogP contribution in [0, 0.1) is 0 Å². The van der Waals surface area contributed by atoms with E-state index in [4.69, 9.17) is 4.74 Å². The van der Waals surface area contributed by atoms with E-state index >= 15 is 0 Å². The lowest BCUT2D eigenvalue weighted by Gasteiger charge is -2.30. The van der Waals surface area contributed by atoms with Gasteiger partial charge < -0.3 is 9.72 Å². The molecule has 0 bridgehead atoms. The number of fused-ring (bicyclic) bond motifs is 3. The molecule has 37 heavy (non-hydrogen) atoms. The van der Waals surface area contributed by atoms with Crippen LogP contribution in [0.4, 0.5) is 0 Å². The highest BCUT2D eigenvalue weighted by Gasteiger charge is 2.33. The Morgan fingerprint density at radius 1 is 0.892 bits per heavy atom. The molecule has 4 rings (SSSR count). The lowest BCUT2D eigenvalue weighted by atomic mass is 9.94. The molecule has 2 atom stereocenters. The van der Waals surface area contributed by atoms with Gasteiger partial charge in [0.05, 0.1) is 25.3 Å². The van der Waals surface area contributed by atoms with Gasteiger partial charge in [0.15, 0.2) is 0 Å². The molecule has 0 unspecified atom stereocenters. The monoisotopic (exact) mass is 520 g/mol. The lowest BCUT2D eigenvalue weighted by molar-refractivity contribution is -0.113. The number of carbonyl (C=O) groups excluding carboxylic acids is 1. The fourth-order valence-electron chi connectivity index (χ4n) is 5.34. The second-order valence-electron chi connectivity index (χ2n) is 10.4. The molecule has 0 radical (unpaired) electrons. The van der Waals surface area contributed by atoms with E-state index in [1.54, 1.807) is 0 Å². The third-order valence-electron chi connectivity index (χ3n) is 7.43. The smallest absolute Gasteiger partial charge is 0.206 e. The molecular formula is C32H44N2O2S. The van der Waals surface area contributed by atoms with Gasteiger partial charge in [-0.2, -0.15) is 0 Å². The zero-order chi connectivity index (χ0) is 25.7. The molecule has 2 N–H and O–H groups in total. The molecule has 0 amide bonds. The SMILES string of the molecule is CCCCCCCCCCCCSC(=O)[C@@H]1Cc2c([nH]c3ccccc23)[C@H](COCc2ccccc2)N1. The molecule has 4 nitrogen and oxygen atoms in total. The molecule has 0 saturated heterocycles. The summed E-state index contributed by atoms with van der Waals surface area (Å²) in [6.45, 7) is 3.37. The van der Waals surface area contributed by atoms with Crippen molar-refractivity contribution in [3.63, 3.8) is 0 Å². The Morgan fingerprint density at radius 3 is 2.32 bits per heavy atom. The number of rotatable bonds is 16. The van der Waals surface area contributed by atoms with Crippen molar-refractivity contribution in [3.8, 4) is 0 Å². The fourth-order valence-corrected chi connectivity index (χ4v) is 6.24. The minimum Gasteiger partial charge on any atom is -0.375 e. The summed E-state index contributed by atoms with van der Waals surface area (Å²) in [6.07, 6.45) is 14.0. The van der Waals surface area contributed by atoms with Gasteiger partial charge in [0, 0.05) is 22.3 Å². The van der Waals surface area contributed by atoms with Crippen LogP contribution >= 0.6 is 11.8 Å². The fraction of sp³-hybridized carbons (Fsp3) is 0.531. The van der Waals surface area contributed by atoms with Crippen LogP contribution < -0.4 is 5.32 Å². The Bertz CT molecular complexity index is 1080. The normalized spacial score (nSPS) is 17.2. The summed E-state index contributed by atoms with van der Waals surface area (Å²) < 4.78 is 6.11. The van der Waals surface area contributed by atoms with Gasteiger partial charge in [-0.3, -0.25) is 10.1 Å². The number of ether oxygens (including phenoxy) is 1. The van der Waals surface area contributed by atoms with Crippen LogP contribution in [0.3, 0.4) is 0 Å². The van der Waals surface area contributed by atoms with E-state index < -0.39 is 0 Å². The first kappa shape index (κ1) is 27.9. The summed E-state index contributed by atoms with van der Waals surface area (Å²) in [5, 5.41) is 5.11. The van der Waals surface area contributed by atoms with E-state index in [0.29, 0.717) is 13.2 Å². The molecule has 1 aromatic heterocycles. The molecular weight excluding hydrogens is 476 g/mol. The van der Waals surface area contributed by atoms with Gasteiger partial charge in [0.25, 0.3) is 0 Å². The molecule has 2 aromatic carbocycles. The molecule has 3 aromatic rings. The number of unbranched alkanes of at least 4 members (excludes halogenated alkanes) is 9. The standard InChI is InChI=1S/C32H44N2O2S/c1-2-3-4-5-6-7-8-9-10-16-21-37-32(35)29-22-27-26-19-14-15-20-28(26)34-31(27)30(33-29)24-36-23-25-17-12-11-13-18-25/h11-15,17-20,29-30,33-34H,2-10,16,21-24H2,1H3/t29-,30-/m0/s1. The van der Waals surface area contributed by atoms with Crippen molar-refractivity contribution < 1.29 is 9.53 Å². The summed E-state index contributed by atoms with van der Waals surface area (Å²) >= 11 is 1.51. The van der Waals surface area contributed by atoms with Crippen molar-refractivity contribution in [2.75, 3.05) is 12.4 Å². The number of aromatic amines is 1. The number of nitrogens with one attached hydrogen (secondary N) is 2. The molecule has 200 valence electrons. The highest BCUT2D eigenvalue weighted by atomic mass is 32.2. The van der Waals surface area contributed by atoms with Crippen LogP contribution in [0.1, 0.15) is 94.0 Å². The topological polar surface area (TPSA) is 54.1 Å². The minimum atomic E-state index is -0.176. The first-order valence-electron chi connectivity index (χ1n) is 14.4. The van der Waals surface area contributed by atoms with Gasteiger partial charge in [-0.15, -0.1) is 0 Å². The summed E-state index contributed by atoms with van der Waals surface area (Å²) in [6, 6.07) is 18.5. The third-order valence-corrected chi connectivity index (χ3v) is 8.49. The lowest BCUT2D eigenvalue weighted by Crippen LogP contribution is -2.45. The van der Waals surface area contributed by atoms with Crippen molar-refractivity contribution in [3.05, 3.63) is 71.4 Å². The molecule has 1 aliphatic rings. The number of thioether (sulfide) groups is 1. The highest BCUT2D eigenvalue weighted by Crippen LogP contribution is 2.33. The van der Waals surface area contributed by atoms with E-state index in [-0.39, 0.29) is 17.2 Å². The first-order valence-corrected chi connectivity index (χ1v) is 15.4. The summed E-state index contributed by atoms with van der Waals surface area (Å²) in [4.78, 5) is 16.8. The quantitative estimate of drug-likeness (QED) is 0.187. The van der Waals surface area contributed by atoms with Crippen LogP contribution in [0.25, 0.3) is 10.9 Å². The van der Waals surface area contributed by atoms with Crippen LogP contribution in [-0.2, 0) is 22.6 Å². The van der Waals surface area contributed by atoms with Crippen molar-refractivity contribution in [2.45, 2.75) is 96.2 Å². The van der Waals surface area contributed by atoms with Gasteiger partial charge in [-0.25, -0.2) is 0 Å². The summed E-state index contributed by atoms with van der Waals surface area (Å²) in [5.74, 6) is 0.920. The van der Waals surface area contributed by atoms with Crippen molar-refractivity contribution in [2.24, 2.45) is 0 Å². The third kappa shape index (κ3) is 8.46. The maximum atomic E-state index is 13.2. The minimum absolute atomic E-state index is 0.0215. The van der Waals surface area contributed by atoms with Crippen molar-refractivity contribution >= 4 is 27.8 Å². The van der Waals surface area contributed by atoms with Gasteiger partial charge in [-0.1, -0.05) is 125 Å². The Hall–Kier alpha value is -2.08. The second-order valence-corrected chi connectivity index (χ2v) is 11.5. The maximum Gasteiger partial charge on any atom is 0.206 e. The molecule has 0 aliphatic carbocycles. The van der Waals surface area contributed by atoms with E-state index in [9.17, 15) is 4.79 Å². The molecule has 0 spiro atoms. The van der Waals surface area contributed by atoms with Crippen LogP contribution in [0.5, 0.6) is 0 Å². The number of hydrogen-bond donors (Lipinski definition) is 2. The summed E-state index contributed by atoms with van der Waals surface area (Å²) in [7, 11) is 0. The largest absolute Gasteiger partial charge is 0.375 e. The van der Waals surface area contributed by atoms with Crippen LogP contribution in [0.15, 0.2) is 54.6 Å². The number of para-hydroxylation sites is 1. The van der Waals surface area contributed by atoms with E-state index in [0.717, 1.165) is 35.4 Å². The maximum absolute atomic E-state index is 13.2. The van der Waals surface area contributed by atoms with Crippen LogP contribution in [0.2, 0.25) is 0 Å². The number of benzene rings is 2.